The highest BCUT2D eigenvalue weighted by atomic mass is 32.2. The number of carbonyl (C=O) groups is 1. The van der Waals surface area contributed by atoms with Gasteiger partial charge in [-0.15, -0.1) is 0 Å². The normalized spacial score (nSPS) is 16.6. The molecule has 11 heteroatoms. The van der Waals surface area contributed by atoms with E-state index in [4.69, 9.17) is 24.3 Å². The van der Waals surface area contributed by atoms with E-state index in [-0.39, 0.29) is 29.6 Å². The number of benzene rings is 5. The molecular formula is C43H45N3O7S. The van der Waals surface area contributed by atoms with Gasteiger partial charge in [-0.2, -0.15) is 0 Å². The van der Waals surface area contributed by atoms with Gasteiger partial charge in [-0.05, 0) is 78.1 Å². The van der Waals surface area contributed by atoms with Crippen LogP contribution in [0.4, 0.5) is 0 Å². The van der Waals surface area contributed by atoms with Gasteiger partial charge < -0.3 is 19.3 Å². The van der Waals surface area contributed by atoms with Crippen LogP contribution in [0.25, 0.3) is 11.1 Å². The molecule has 5 aromatic rings. The van der Waals surface area contributed by atoms with E-state index in [1.54, 1.807) is 54.6 Å². The fourth-order valence-corrected chi connectivity index (χ4v) is 7.73. The summed E-state index contributed by atoms with van der Waals surface area (Å²) in [6.45, 7) is 3.22. The Morgan fingerprint density at radius 3 is 2.17 bits per heavy atom. The van der Waals surface area contributed by atoms with Gasteiger partial charge in [0.15, 0.2) is 21.5 Å². The maximum atomic E-state index is 14.6. The number of hydrazine groups is 1. The maximum Gasteiger partial charge on any atom is 0.266 e. The smallest absolute Gasteiger partial charge is 0.266 e. The zero-order valence-electron chi connectivity index (χ0n) is 30.2. The molecule has 6 rings (SSSR count). The summed E-state index contributed by atoms with van der Waals surface area (Å²) in [5.41, 5.74) is 8.48. The highest BCUT2D eigenvalue weighted by Gasteiger charge is 2.53. The highest BCUT2D eigenvalue weighted by molar-refractivity contribution is 7.91. The van der Waals surface area contributed by atoms with Gasteiger partial charge in [-0.25, -0.2) is 18.8 Å². The minimum Gasteiger partial charge on any atom is -0.494 e. The third kappa shape index (κ3) is 9.17. The first-order valence-electron chi connectivity index (χ1n) is 18.1. The van der Waals surface area contributed by atoms with Gasteiger partial charge in [0.25, 0.3) is 5.91 Å². The van der Waals surface area contributed by atoms with Crippen molar-refractivity contribution in [2.75, 3.05) is 32.1 Å². The van der Waals surface area contributed by atoms with Crippen molar-refractivity contribution in [3.63, 3.8) is 0 Å². The number of aliphatic imine (C=N–C) groups is 1. The Labute approximate surface area is 316 Å². The van der Waals surface area contributed by atoms with Crippen LogP contribution in [0.2, 0.25) is 0 Å². The van der Waals surface area contributed by atoms with Crippen LogP contribution in [0.15, 0.2) is 143 Å². The molecule has 0 unspecified atom stereocenters. The summed E-state index contributed by atoms with van der Waals surface area (Å²) in [6.07, 6.45) is -0.0707. The predicted octanol–water partition coefficient (Wildman–Crippen LogP) is 6.50. The van der Waals surface area contributed by atoms with Crippen molar-refractivity contribution in [3.05, 3.63) is 150 Å². The quantitative estimate of drug-likeness (QED) is 0.0684. The molecule has 0 aromatic heterocycles. The lowest BCUT2D eigenvalue weighted by Crippen LogP contribution is -2.53. The van der Waals surface area contributed by atoms with E-state index in [1.807, 2.05) is 85.8 Å². The number of sulfone groups is 1. The summed E-state index contributed by atoms with van der Waals surface area (Å²) in [6, 6.07) is 40.7. The monoisotopic (exact) mass is 747 g/mol. The first-order chi connectivity index (χ1) is 26.3. The molecular weight excluding hydrogens is 703 g/mol. The first kappa shape index (κ1) is 38.2. The van der Waals surface area contributed by atoms with Crippen molar-refractivity contribution in [2.45, 2.75) is 42.7 Å². The maximum absolute atomic E-state index is 14.6. The molecule has 2 atom stereocenters. The second-order valence-corrected chi connectivity index (χ2v) is 14.9. The molecule has 3 N–H and O–H groups in total. The summed E-state index contributed by atoms with van der Waals surface area (Å²) in [5.74, 6) is 0.694. The largest absolute Gasteiger partial charge is 0.494 e. The average Bonchev–Trinajstić information content (AvgIpc) is 3.61. The number of rotatable bonds is 18. The minimum absolute atomic E-state index is 0.0238. The van der Waals surface area contributed by atoms with E-state index in [1.165, 1.54) is 0 Å². The molecule has 0 spiro atoms. The second-order valence-electron chi connectivity index (χ2n) is 12.8. The van der Waals surface area contributed by atoms with E-state index in [9.17, 15) is 13.2 Å². The third-order valence-corrected chi connectivity index (χ3v) is 10.9. The molecule has 0 saturated heterocycles. The molecule has 0 fully saturated rings. The lowest BCUT2D eigenvalue weighted by Gasteiger charge is -2.30. The standard InChI is InChI=1S/C43H45N3O7S/c1-2-51-39-17-10-9-14-34(39)26-28-44-46-42(48)43(27-31-54(49,50)38-15-7-4-8-16-38)40(35-20-18-33(19-21-35)32-12-5-3-6-13-32)53-41(45-43)36-22-24-37(25-23-36)52-30-11-29-47/h3-10,12-25,40,44,47H,2,11,26-31H2,1H3,(H,46,48)/t40-,43-/m0/s1. The molecule has 1 aliphatic heterocycles. The molecule has 1 aliphatic rings. The van der Waals surface area contributed by atoms with Crippen LogP contribution in [0.1, 0.15) is 42.6 Å². The van der Waals surface area contributed by atoms with Gasteiger partial charge in [-0.3, -0.25) is 10.2 Å². The number of carbonyl (C=O) groups excluding carboxylic acids is 1. The fourth-order valence-electron chi connectivity index (χ4n) is 6.34. The van der Waals surface area contributed by atoms with Crippen molar-refractivity contribution in [3.8, 4) is 22.6 Å². The number of hydrogen-bond donors (Lipinski definition) is 3. The number of para-hydroxylation sites is 1. The van der Waals surface area contributed by atoms with Gasteiger partial charge in [0, 0.05) is 31.6 Å². The Balaban J connectivity index is 1.35. The molecule has 0 bridgehead atoms. The van der Waals surface area contributed by atoms with E-state index in [2.05, 4.69) is 10.9 Å². The lowest BCUT2D eigenvalue weighted by molar-refractivity contribution is -0.130. The highest BCUT2D eigenvalue weighted by Crippen LogP contribution is 2.43. The zero-order chi connectivity index (χ0) is 37.8. The van der Waals surface area contributed by atoms with Crippen molar-refractivity contribution in [1.29, 1.82) is 0 Å². The Morgan fingerprint density at radius 2 is 1.46 bits per heavy atom. The molecule has 0 radical (unpaired) electrons. The SMILES string of the molecule is CCOc1ccccc1CCNNC(=O)[C@@]1(CCS(=O)(=O)c2ccccc2)N=C(c2ccc(OCCCO)cc2)O[C@H]1c1ccc(-c2ccccc2)cc1. The molecule has 5 aromatic carbocycles. The third-order valence-electron chi connectivity index (χ3n) is 9.20. The Morgan fingerprint density at radius 1 is 0.815 bits per heavy atom. The van der Waals surface area contributed by atoms with Crippen LogP contribution in [0.3, 0.4) is 0 Å². The summed E-state index contributed by atoms with van der Waals surface area (Å²) >= 11 is 0. The van der Waals surface area contributed by atoms with E-state index in [0.717, 1.165) is 22.4 Å². The molecule has 54 heavy (non-hydrogen) atoms. The molecule has 0 saturated carbocycles. The first-order valence-corrected chi connectivity index (χ1v) is 19.8. The van der Waals surface area contributed by atoms with Gasteiger partial charge >= 0.3 is 0 Å². The molecule has 280 valence electrons. The molecule has 0 aliphatic carbocycles. The minimum atomic E-state index is -3.81. The van der Waals surface area contributed by atoms with Crippen LogP contribution >= 0.6 is 0 Å². The number of amides is 1. The van der Waals surface area contributed by atoms with Crippen LogP contribution < -0.4 is 20.3 Å². The van der Waals surface area contributed by atoms with Gasteiger partial charge in [0.2, 0.25) is 5.90 Å². The van der Waals surface area contributed by atoms with Gasteiger partial charge in [-0.1, -0.05) is 91.0 Å². The number of aliphatic hydroxyl groups is 1. The Hall–Kier alpha value is -5.49. The van der Waals surface area contributed by atoms with Crippen molar-refractivity contribution >= 4 is 21.6 Å². The zero-order valence-corrected chi connectivity index (χ0v) is 31.0. The Bertz CT molecular complexity index is 2110. The number of ether oxygens (including phenoxy) is 3. The van der Waals surface area contributed by atoms with Crippen LogP contribution in [0, 0.1) is 0 Å². The molecule has 1 heterocycles. The number of hydrogen-bond acceptors (Lipinski definition) is 9. The molecule has 1 amide bonds. The van der Waals surface area contributed by atoms with Crippen LogP contribution in [-0.4, -0.2) is 63.0 Å². The topological polar surface area (TPSA) is 136 Å². The summed E-state index contributed by atoms with van der Waals surface area (Å²) in [5, 5.41) is 9.14. The van der Waals surface area contributed by atoms with E-state index in [0.29, 0.717) is 49.5 Å². The van der Waals surface area contributed by atoms with E-state index >= 15 is 0 Å². The molecule has 10 nitrogen and oxygen atoms in total. The Kier molecular flexibility index (Phi) is 12.8. The average molecular weight is 748 g/mol. The number of nitrogens with one attached hydrogen (secondary N) is 2. The van der Waals surface area contributed by atoms with Crippen molar-refractivity contribution in [2.24, 2.45) is 4.99 Å². The van der Waals surface area contributed by atoms with Crippen molar-refractivity contribution < 1.29 is 32.5 Å². The van der Waals surface area contributed by atoms with Gasteiger partial charge in [0.05, 0.1) is 23.9 Å². The summed E-state index contributed by atoms with van der Waals surface area (Å²) in [4.78, 5) is 19.8. The summed E-state index contributed by atoms with van der Waals surface area (Å²) in [7, 11) is -3.81. The van der Waals surface area contributed by atoms with Crippen LogP contribution in [-0.2, 0) is 25.8 Å². The lowest BCUT2D eigenvalue weighted by atomic mass is 9.84. The van der Waals surface area contributed by atoms with Crippen LogP contribution in [0.5, 0.6) is 11.5 Å². The van der Waals surface area contributed by atoms with Crippen molar-refractivity contribution in [1.82, 2.24) is 10.9 Å². The number of nitrogens with zero attached hydrogens (tertiary/aromatic N) is 1. The van der Waals surface area contributed by atoms with Gasteiger partial charge in [0.1, 0.15) is 11.5 Å². The fraction of sp³-hybridized carbons (Fsp3) is 0.256. The summed E-state index contributed by atoms with van der Waals surface area (Å²) < 4.78 is 45.6. The number of aliphatic hydroxyl groups excluding tert-OH is 1. The predicted molar refractivity (Wildman–Crippen MR) is 209 cm³/mol. The van der Waals surface area contributed by atoms with E-state index < -0.39 is 27.4 Å². The second kappa shape index (κ2) is 18.0.